The Labute approximate surface area is 74.9 Å². The molecule has 3 rings (SSSR count). The first kappa shape index (κ1) is 8.48. The Morgan fingerprint density at radius 2 is 0.917 bits per heavy atom. The maximum Gasteiger partial charge on any atom is 0.0110 e. The minimum absolute atomic E-state index is 1.24. The van der Waals surface area contributed by atoms with E-state index < -0.39 is 0 Å². The minimum Gasteiger partial charge on any atom is -0.304 e. The van der Waals surface area contributed by atoms with Crippen molar-refractivity contribution in [2.45, 2.75) is 0 Å². The molecule has 0 aromatic heterocycles. The van der Waals surface area contributed by atoms with Gasteiger partial charge in [-0.1, -0.05) is 0 Å². The second-order valence-electron chi connectivity index (χ2n) is 3.99. The summed E-state index contributed by atoms with van der Waals surface area (Å²) >= 11 is 0. The molecule has 0 spiro atoms. The van der Waals surface area contributed by atoms with Gasteiger partial charge in [0.2, 0.25) is 0 Å². The zero-order valence-corrected chi connectivity index (χ0v) is 8.00. The number of rotatable bonds is 0. The molecule has 2 bridgehead atoms. The van der Waals surface area contributed by atoms with E-state index in [9.17, 15) is 0 Å². The zero-order chi connectivity index (χ0) is 8.39. The lowest BCUT2D eigenvalue weighted by atomic mass is 10.3. The lowest BCUT2D eigenvalue weighted by molar-refractivity contribution is 0.146. The van der Waals surface area contributed by atoms with Crippen LogP contribution in [0.2, 0.25) is 0 Å². The van der Waals surface area contributed by atoms with Crippen molar-refractivity contribution in [3.8, 4) is 0 Å². The fourth-order valence-corrected chi connectivity index (χ4v) is 1.97. The molecule has 3 aliphatic heterocycles. The number of hydrogen-bond donors (Lipinski definition) is 0. The molecule has 0 amide bonds. The molecule has 3 heteroatoms. The first-order valence-corrected chi connectivity index (χ1v) is 4.98. The minimum atomic E-state index is 1.24. The largest absolute Gasteiger partial charge is 0.304 e. The molecule has 0 saturated carbocycles. The van der Waals surface area contributed by atoms with Crippen LogP contribution in [0.15, 0.2) is 0 Å². The third-order valence-electron chi connectivity index (χ3n) is 3.06. The summed E-state index contributed by atoms with van der Waals surface area (Å²) in [6, 6.07) is 0. The van der Waals surface area contributed by atoms with Gasteiger partial charge in [-0.05, 0) is 7.05 Å². The van der Waals surface area contributed by atoms with Gasteiger partial charge in [0.15, 0.2) is 0 Å². The van der Waals surface area contributed by atoms with Crippen LogP contribution >= 0.6 is 0 Å². The van der Waals surface area contributed by atoms with Crippen molar-refractivity contribution in [2.24, 2.45) is 0 Å². The van der Waals surface area contributed by atoms with Gasteiger partial charge in [0.1, 0.15) is 0 Å². The Bertz CT molecular complexity index is 125. The molecule has 3 heterocycles. The molecule has 12 heavy (non-hydrogen) atoms. The Morgan fingerprint density at radius 1 is 0.583 bits per heavy atom. The molecule has 0 aromatic carbocycles. The van der Waals surface area contributed by atoms with Crippen LogP contribution < -0.4 is 0 Å². The van der Waals surface area contributed by atoms with Crippen LogP contribution in [-0.2, 0) is 0 Å². The summed E-state index contributed by atoms with van der Waals surface area (Å²) in [5.74, 6) is 0. The van der Waals surface area contributed by atoms with Crippen molar-refractivity contribution in [1.82, 2.24) is 14.7 Å². The molecule has 0 aliphatic carbocycles. The van der Waals surface area contributed by atoms with E-state index in [1.165, 1.54) is 52.4 Å². The SMILES string of the molecule is CN1CCN2CCN(CC1)CC2. The number of likely N-dealkylation sites (N-methyl/N-ethyl adjacent to an activating group) is 1. The molecular formula is C9H19N3. The molecule has 3 fully saturated rings. The molecule has 0 unspecified atom stereocenters. The highest BCUT2D eigenvalue weighted by molar-refractivity contribution is 4.75. The van der Waals surface area contributed by atoms with E-state index >= 15 is 0 Å². The Kier molecular flexibility index (Phi) is 2.63. The Morgan fingerprint density at radius 3 is 1.33 bits per heavy atom. The van der Waals surface area contributed by atoms with E-state index in [0.717, 1.165) is 0 Å². The van der Waals surface area contributed by atoms with Gasteiger partial charge in [0, 0.05) is 52.4 Å². The van der Waals surface area contributed by atoms with Gasteiger partial charge in [-0.15, -0.1) is 0 Å². The maximum atomic E-state index is 2.58. The summed E-state index contributed by atoms with van der Waals surface area (Å²) < 4.78 is 0. The average Bonchev–Trinajstić information content (AvgIpc) is 2.24. The summed E-state index contributed by atoms with van der Waals surface area (Å²) in [4.78, 5) is 7.60. The number of fused-ring (bicyclic) bond motifs is 6. The van der Waals surface area contributed by atoms with Crippen LogP contribution in [0.1, 0.15) is 0 Å². The van der Waals surface area contributed by atoms with Crippen LogP contribution in [0.3, 0.4) is 0 Å². The van der Waals surface area contributed by atoms with Gasteiger partial charge in [-0.2, -0.15) is 0 Å². The van der Waals surface area contributed by atoms with Crippen molar-refractivity contribution in [3.63, 3.8) is 0 Å². The van der Waals surface area contributed by atoms with Crippen molar-refractivity contribution in [1.29, 1.82) is 0 Å². The summed E-state index contributed by atoms with van der Waals surface area (Å²) in [6.07, 6.45) is 0. The normalized spacial score (nSPS) is 38.8. The molecule has 3 aliphatic rings. The summed E-state index contributed by atoms with van der Waals surface area (Å²) in [5.41, 5.74) is 0. The third kappa shape index (κ3) is 1.97. The standard InChI is InChI=1S/C9H19N3/c1-10-2-4-11-6-8-12(5-3-10)9-7-11/h2-9H2,1H3. The van der Waals surface area contributed by atoms with Gasteiger partial charge in [0.05, 0.1) is 0 Å². The average molecular weight is 169 g/mol. The van der Waals surface area contributed by atoms with Gasteiger partial charge < -0.3 is 4.90 Å². The lowest BCUT2D eigenvalue weighted by Crippen LogP contribution is -2.46. The number of nitrogens with zero attached hydrogens (tertiary/aromatic N) is 3. The van der Waals surface area contributed by atoms with E-state index in [4.69, 9.17) is 0 Å². The summed E-state index contributed by atoms with van der Waals surface area (Å²) in [5, 5.41) is 0. The lowest BCUT2D eigenvalue weighted by Gasteiger charge is -2.32. The van der Waals surface area contributed by atoms with E-state index in [2.05, 4.69) is 21.7 Å². The second kappa shape index (κ2) is 3.73. The maximum absolute atomic E-state index is 2.58. The van der Waals surface area contributed by atoms with Crippen LogP contribution in [0.25, 0.3) is 0 Å². The monoisotopic (exact) mass is 169 g/mol. The van der Waals surface area contributed by atoms with E-state index in [-0.39, 0.29) is 0 Å². The van der Waals surface area contributed by atoms with Crippen LogP contribution in [0, 0.1) is 0 Å². The molecule has 70 valence electrons. The van der Waals surface area contributed by atoms with Crippen LogP contribution in [-0.4, -0.2) is 74.1 Å². The molecular weight excluding hydrogens is 150 g/mol. The van der Waals surface area contributed by atoms with Crippen LogP contribution in [0.5, 0.6) is 0 Å². The highest BCUT2D eigenvalue weighted by Crippen LogP contribution is 2.04. The molecule has 3 nitrogen and oxygen atoms in total. The quantitative estimate of drug-likeness (QED) is 0.486. The Hall–Kier alpha value is -0.120. The summed E-state index contributed by atoms with van der Waals surface area (Å²) in [7, 11) is 2.23. The van der Waals surface area contributed by atoms with E-state index in [1.807, 2.05) is 0 Å². The molecule has 0 N–H and O–H groups in total. The molecule has 3 saturated heterocycles. The third-order valence-corrected chi connectivity index (χ3v) is 3.06. The number of piperazine rings is 1. The zero-order valence-electron chi connectivity index (χ0n) is 8.00. The molecule has 0 atom stereocenters. The first-order chi connectivity index (χ1) is 5.84. The molecule has 0 aromatic rings. The second-order valence-corrected chi connectivity index (χ2v) is 3.99. The van der Waals surface area contributed by atoms with Crippen molar-refractivity contribution in [3.05, 3.63) is 0 Å². The summed E-state index contributed by atoms with van der Waals surface area (Å²) in [6.45, 7) is 10.2. The van der Waals surface area contributed by atoms with Gasteiger partial charge in [0.25, 0.3) is 0 Å². The van der Waals surface area contributed by atoms with Gasteiger partial charge >= 0.3 is 0 Å². The van der Waals surface area contributed by atoms with Crippen molar-refractivity contribution >= 4 is 0 Å². The predicted octanol–water partition coefficient (Wildman–Crippen LogP) is -0.451. The predicted molar refractivity (Wildman–Crippen MR) is 50.4 cm³/mol. The van der Waals surface area contributed by atoms with Gasteiger partial charge in [-0.3, -0.25) is 9.80 Å². The highest BCUT2D eigenvalue weighted by Gasteiger charge is 2.18. The van der Waals surface area contributed by atoms with Crippen molar-refractivity contribution < 1.29 is 0 Å². The number of hydrogen-bond acceptors (Lipinski definition) is 3. The van der Waals surface area contributed by atoms with Gasteiger partial charge in [-0.25, -0.2) is 0 Å². The van der Waals surface area contributed by atoms with Crippen LogP contribution in [0.4, 0.5) is 0 Å². The smallest absolute Gasteiger partial charge is 0.0110 e. The first-order valence-electron chi connectivity index (χ1n) is 4.98. The Balaban J connectivity index is 1.94. The van der Waals surface area contributed by atoms with E-state index in [0.29, 0.717) is 0 Å². The topological polar surface area (TPSA) is 9.72 Å². The van der Waals surface area contributed by atoms with E-state index in [1.54, 1.807) is 0 Å². The fourth-order valence-electron chi connectivity index (χ4n) is 1.97. The fraction of sp³-hybridized carbons (Fsp3) is 1.00. The van der Waals surface area contributed by atoms with Crippen molar-refractivity contribution in [2.75, 3.05) is 59.4 Å². The highest BCUT2D eigenvalue weighted by atomic mass is 15.3. The molecule has 0 radical (unpaired) electrons.